The third-order valence-electron chi connectivity index (χ3n) is 3.84. The molecule has 106 valence electrons. The third-order valence-corrected chi connectivity index (χ3v) is 4.82. The standard InChI is InChI=1S/C16H19ClN2S/c17-14-3-1-13(2-4-14)16(9-18)19(15-5-6-15)10-12-7-8-20-11-12/h1-4,7-8,11,15-16H,5-6,9-10,18H2. The van der Waals surface area contributed by atoms with Crippen molar-refractivity contribution in [3.05, 3.63) is 57.2 Å². The van der Waals surface area contributed by atoms with Crippen molar-refractivity contribution in [1.29, 1.82) is 0 Å². The first-order chi connectivity index (χ1) is 9.78. The van der Waals surface area contributed by atoms with Gasteiger partial charge in [-0.05, 0) is 52.9 Å². The molecule has 2 N–H and O–H groups in total. The van der Waals surface area contributed by atoms with Gasteiger partial charge in [-0.15, -0.1) is 0 Å². The highest BCUT2D eigenvalue weighted by Crippen LogP contribution is 2.35. The van der Waals surface area contributed by atoms with Gasteiger partial charge in [0, 0.05) is 30.2 Å². The molecule has 1 aliphatic rings. The van der Waals surface area contributed by atoms with Gasteiger partial charge in [0.25, 0.3) is 0 Å². The summed E-state index contributed by atoms with van der Waals surface area (Å²) in [5.41, 5.74) is 8.71. The number of nitrogens with two attached hydrogens (primary N) is 1. The molecule has 2 nitrogen and oxygen atoms in total. The topological polar surface area (TPSA) is 29.3 Å². The molecule has 0 amide bonds. The van der Waals surface area contributed by atoms with E-state index in [0.29, 0.717) is 12.6 Å². The van der Waals surface area contributed by atoms with Crippen LogP contribution in [0.3, 0.4) is 0 Å². The van der Waals surface area contributed by atoms with Crippen LogP contribution in [0.1, 0.15) is 30.0 Å². The van der Waals surface area contributed by atoms with Crippen molar-refractivity contribution < 1.29 is 0 Å². The van der Waals surface area contributed by atoms with E-state index in [-0.39, 0.29) is 6.04 Å². The number of halogens is 1. The minimum Gasteiger partial charge on any atom is -0.329 e. The molecule has 0 spiro atoms. The Labute approximate surface area is 129 Å². The predicted molar refractivity (Wildman–Crippen MR) is 86.1 cm³/mol. The van der Waals surface area contributed by atoms with E-state index in [0.717, 1.165) is 11.6 Å². The number of benzene rings is 1. The Bertz CT molecular complexity index is 534. The van der Waals surface area contributed by atoms with Crippen LogP contribution in [-0.4, -0.2) is 17.5 Å². The monoisotopic (exact) mass is 306 g/mol. The van der Waals surface area contributed by atoms with Crippen LogP contribution in [0.4, 0.5) is 0 Å². The Morgan fingerprint density at radius 3 is 2.55 bits per heavy atom. The van der Waals surface area contributed by atoms with Gasteiger partial charge in [0.1, 0.15) is 0 Å². The molecule has 0 bridgehead atoms. The van der Waals surface area contributed by atoms with Crippen molar-refractivity contribution >= 4 is 22.9 Å². The summed E-state index contributed by atoms with van der Waals surface area (Å²) in [6.07, 6.45) is 2.57. The Hall–Kier alpha value is -0.870. The van der Waals surface area contributed by atoms with Crippen LogP contribution in [0.2, 0.25) is 5.02 Å². The zero-order valence-electron chi connectivity index (χ0n) is 11.3. The Morgan fingerprint density at radius 2 is 2.00 bits per heavy atom. The highest BCUT2D eigenvalue weighted by molar-refractivity contribution is 7.07. The Kier molecular flexibility index (Phi) is 4.41. The van der Waals surface area contributed by atoms with Crippen molar-refractivity contribution in [3.63, 3.8) is 0 Å². The molecule has 4 heteroatoms. The van der Waals surface area contributed by atoms with Crippen molar-refractivity contribution in [3.8, 4) is 0 Å². The molecule has 1 heterocycles. The van der Waals surface area contributed by atoms with E-state index in [1.165, 1.54) is 24.0 Å². The normalized spacial score (nSPS) is 16.6. The molecule has 1 aliphatic carbocycles. The lowest BCUT2D eigenvalue weighted by molar-refractivity contribution is 0.182. The first-order valence-corrected chi connectivity index (χ1v) is 8.32. The number of nitrogens with zero attached hydrogens (tertiary/aromatic N) is 1. The Morgan fingerprint density at radius 1 is 1.25 bits per heavy atom. The summed E-state index contributed by atoms with van der Waals surface area (Å²) < 4.78 is 0. The number of hydrogen-bond acceptors (Lipinski definition) is 3. The highest BCUT2D eigenvalue weighted by atomic mass is 35.5. The van der Waals surface area contributed by atoms with Crippen LogP contribution in [0.25, 0.3) is 0 Å². The lowest BCUT2D eigenvalue weighted by atomic mass is 10.0. The van der Waals surface area contributed by atoms with Crippen LogP contribution in [-0.2, 0) is 6.54 Å². The molecule has 2 aromatic rings. The SMILES string of the molecule is NCC(c1ccc(Cl)cc1)N(Cc1ccsc1)C1CC1. The molecule has 1 saturated carbocycles. The van der Waals surface area contributed by atoms with Gasteiger partial charge in [-0.3, -0.25) is 4.90 Å². The lowest BCUT2D eigenvalue weighted by Crippen LogP contribution is -2.35. The van der Waals surface area contributed by atoms with E-state index in [4.69, 9.17) is 17.3 Å². The van der Waals surface area contributed by atoms with Gasteiger partial charge in [0.05, 0.1) is 0 Å². The summed E-state index contributed by atoms with van der Waals surface area (Å²) in [6, 6.07) is 11.3. The predicted octanol–water partition coefficient (Wildman–Crippen LogP) is 4.07. The number of thiophene rings is 1. The minimum absolute atomic E-state index is 0.277. The van der Waals surface area contributed by atoms with Gasteiger partial charge in [-0.2, -0.15) is 11.3 Å². The van der Waals surface area contributed by atoms with Crippen molar-refractivity contribution in [2.45, 2.75) is 31.5 Å². The zero-order valence-corrected chi connectivity index (χ0v) is 12.9. The maximum atomic E-state index is 6.07. The molecule has 1 aromatic carbocycles. The largest absolute Gasteiger partial charge is 0.329 e. The fourth-order valence-electron chi connectivity index (χ4n) is 2.64. The van der Waals surface area contributed by atoms with Crippen LogP contribution >= 0.6 is 22.9 Å². The van der Waals surface area contributed by atoms with Gasteiger partial charge in [-0.25, -0.2) is 0 Å². The first-order valence-electron chi connectivity index (χ1n) is 7.00. The summed E-state index contributed by atoms with van der Waals surface area (Å²) in [5.74, 6) is 0. The van der Waals surface area contributed by atoms with E-state index in [2.05, 4.69) is 33.9 Å². The van der Waals surface area contributed by atoms with E-state index in [1.807, 2.05) is 12.1 Å². The van der Waals surface area contributed by atoms with E-state index in [1.54, 1.807) is 11.3 Å². The molecular weight excluding hydrogens is 288 g/mol. The summed E-state index contributed by atoms with van der Waals surface area (Å²) in [6.45, 7) is 1.63. The van der Waals surface area contributed by atoms with Crippen molar-refractivity contribution in [2.75, 3.05) is 6.54 Å². The fraction of sp³-hybridized carbons (Fsp3) is 0.375. The summed E-state index contributed by atoms with van der Waals surface area (Å²) in [4.78, 5) is 2.55. The van der Waals surface area contributed by atoms with E-state index in [9.17, 15) is 0 Å². The van der Waals surface area contributed by atoms with Crippen molar-refractivity contribution in [2.24, 2.45) is 5.73 Å². The van der Waals surface area contributed by atoms with Crippen LogP contribution < -0.4 is 5.73 Å². The first kappa shape index (κ1) is 14.1. The summed E-state index contributed by atoms with van der Waals surface area (Å²) in [7, 11) is 0. The zero-order chi connectivity index (χ0) is 13.9. The van der Waals surface area contributed by atoms with E-state index < -0.39 is 0 Å². The molecular formula is C16H19ClN2S. The molecule has 3 rings (SSSR count). The number of rotatable bonds is 6. The second-order valence-corrected chi connectivity index (χ2v) is 6.55. The lowest BCUT2D eigenvalue weighted by Gasteiger charge is -2.31. The van der Waals surface area contributed by atoms with Gasteiger partial charge in [0.15, 0.2) is 0 Å². The van der Waals surface area contributed by atoms with E-state index >= 15 is 0 Å². The average Bonchev–Trinajstić information content (AvgIpc) is 3.18. The van der Waals surface area contributed by atoms with Crippen LogP contribution in [0, 0.1) is 0 Å². The molecule has 1 unspecified atom stereocenters. The Balaban J connectivity index is 1.82. The minimum atomic E-state index is 0.277. The molecule has 1 atom stereocenters. The third kappa shape index (κ3) is 3.23. The van der Waals surface area contributed by atoms with Crippen LogP contribution in [0.5, 0.6) is 0 Å². The molecule has 0 saturated heterocycles. The molecule has 20 heavy (non-hydrogen) atoms. The van der Waals surface area contributed by atoms with Crippen LogP contribution in [0.15, 0.2) is 41.1 Å². The fourth-order valence-corrected chi connectivity index (χ4v) is 3.43. The van der Waals surface area contributed by atoms with Gasteiger partial charge in [0.2, 0.25) is 0 Å². The summed E-state index contributed by atoms with van der Waals surface area (Å²) >= 11 is 7.74. The van der Waals surface area contributed by atoms with Gasteiger partial charge in [-0.1, -0.05) is 23.7 Å². The van der Waals surface area contributed by atoms with Crippen molar-refractivity contribution in [1.82, 2.24) is 4.90 Å². The van der Waals surface area contributed by atoms with Gasteiger partial charge >= 0.3 is 0 Å². The summed E-state index contributed by atoms with van der Waals surface area (Å²) in [5, 5.41) is 5.14. The highest BCUT2D eigenvalue weighted by Gasteiger charge is 2.34. The smallest absolute Gasteiger partial charge is 0.0476 e. The molecule has 1 aromatic heterocycles. The molecule has 1 fully saturated rings. The maximum absolute atomic E-state index is 6.07. The molecule has 0 aliphatic heterocycles. The maximum Gasteiger partial charge on any atom is 0.0476 e. The second kappa shape index (κ2) is 6.27. The average molecular weight is 307 g/mol. The second-order valence-electron chi connectivity index (χ2n) is 5.34. The quantitative estimate of drug-likeness (QED) is 0.872. The molecule has 0 radical (unpaired) electrons. The van der Waals surface area contributed by atoms with Gasteiger partial charge < -0.3 is 5.73 Å². The number of hydrogen-bond donors (Lipinski definition) is 1.